The van der Waals surface area contributed by atoms with Gasteiger partial charge in [0.25, 0.3) is 5.91 Å². The maximum Gasteiger partial charge on any atom is 0.254 e. The SMILES string of the molecule is CN(C)C(=O)c1ccccc1Sc1cccc(Cl)c1C=O. The van der Waals surface area contributed by atoms with E-state index < -0.39 is 0 Å². The largest absolute Gasteiger partial charge is 0.345 e. The molecule has 0 unspecified atom stereocenters. The van der Waals surface area contributed by atoms with Crippen molar-refractivity contribution in [3.63, 3.8) is 0 Å². The molecule has 3 nitrogen and oxygen atoms in total. The molecular formula is C16H14ClNO2S. The van der Waals surface area contributed by atoms with Crippen LogP contribution in [0.4, 0.5) is 0 Å². The van der Waals surface area contributed by atoms with Gasteiger partial charge in [0.2, 0.25) is 0 Å². The zero-order valence-electron chi connectivity index (χ0n) is 11.7. The number of hydrogen-bond acceptors (Lipinski definition) is 3. The molecule has 1 amide bonds. The number of carbonyl (C=O) groups excluding carboxylic acids is 2. The lowest BCUT2D eigenvalue weighted by Crippen LogP contribution is -2.22. The van der Waals surface area contributed by atoms with Crippen LogP contribution in [0, 0.1) is 0 Å². The van der Waals surface area contributed by atoms with Gasteiger partial charge in [0.1, 0.15) is 0 Å². The van der Waals surface area contributed by atoms with Gasteiger partial charge >= 0.3 is 0 Å². The molecule has 0 atom stereocenters. The fourth-order valence-electron chi connectivity index (χ4n) is 1.81. The lowest BCUT2D eigenvalue weighted by atomic mass is 10.2. The minimum Gasteiger partial charge on any atom is -0.345 e. The fourth-order valence-corrected chi connectivity index (χ4v) is 3.15. The average Bonchev–Trinajstić information content (AvgIpc) is 2.47. The molecular weight excluding hydrogens is 306 g/mol. The predicted octanol–water partition coefficient (Wildman–Crippen LogP) is 4.01. The van der Waals surface area contributed by atoms with Gasteiger partial charge in [-0.3, -0.25) is 9.59 Å². The Kier molecular flexibility index (Phi) is 5.04. The summed E-state index contributed by atoms with van der Waals surface area (Å²) in [4.78, 5) is 26.4. The Labute approximate surface area is 132 Å². The van der Waals surface area contributed by atoms with Gasteiger partial charge in [-0.25, -0.2) is 0 Å². The highest BCUT2D eigenvalue weighted by Gasteiger charge is 2.15. The molecule has 108 valence electrons. The first kappa shape index (κ1) is 15.6. The van der Waals surface area contributed by atoms with Crippen molar-refractivity contribution in [2.75, 3.05) is 14.1 Å². The highest BCUT2D eigenvalue weighted by atomic mass is 35.5. The van der Waals surface area contributed by atoms with Crippen LogP contribution in [0.5, 0.6) is 0 Å². The standard InChI is InChI=1S/C16H14ClNO2S/c1-18(2)16(20)11-6-3-4-8-14(11)21-15-9-5-7-13(17)12(15)10-19/h3-10H,1-2H3. The second-order valence-electron chi connectivity index (χ2n) is 4.57. The summed E-state index contributed by atoms with van der Waals surface area (Å²) in [5, 5.41) is 0.409. The van der Waals surface area contributed by atoms with Gasteiger partial charge in [0.15, 0.2) is 6.29 Å². The molecule has 5 heteroatoms. The number of halogens is 1. The van der Waals surface area contributed by atoms with E-state index in [0.29, 0.717) is 16.1 Å². The number of benzene rings is 2. The molecule has 2 aromatic rings. The topological polar surface area (TPSA) is 37.4 Å². The van der Waals surface area contributed by atoms with E-state index in [1.807, 2.05) is 24.3 Å². The van der Waals surface area contributed by atoms with Crippen molar-refractivity contribution in [1.82, 2.24) is 4.90 Å². The van der Waals surface area contributed by atoms with E-state index in [4.69, 9.17) is 11.6 Å². The van der Waals surface area contributed by atoms with Crippen LogP contribution in [0.15, 0.2) is 52.3 Å². The van der Waals surface area contributed by atoms with E-state index in [0.717, 1.165) is 16.1 Å². The minimum absolute atomic E-state index is 0.0761. The van der Waals surface area contributed by atoms with Crippen molar-refractivity contribution in [3.05, 3.63) is 58.6 Å². The zero-order chi connectivity index (χ0) is 15.4. The number of rotatable bonds is 4. The van der Waals surface area contributed by atoms with Gasteiger partial charge in [0.05, 0.1) is 10.6 Å². The lowest BCUT2D eigenvalue weighted by molar-refractivity contribution is 0.0824. The summed E-state index contributed by atoms with van der Waals surface area (Å²) in [6, 6.07) is 12.6. The molecule has 0 aliphatic heterocycles. The molecule has 0 fully saturated rings. The highest BCUT2D eigenvalue weighted by Crippen LogP contribution is 2.35. The second kappa shape index (κ2) is 6.78. The Morgan fingerprint density at radius 1 is 1.10 bits per heavy atom. The predicted molar refractivity (Wildman–Crippen MR) is 85.4 cm³/mol. The molecule has 21 heavy (non-hydrogen) atoms. The van der Waals surface area contributed by atoms with E-state index in [2.05, 4.69) is 0 Å². The van der Waals surface area contributed by atoms with Crippen molar-refractivity contribution in [1.29, 1.82) is 0 Å². The summed E-state index contributed by atoms with van der Waals surface area (Å²) in [7, 11) is 3.42. The van der Waals surface area contributed by atoms with Crippen molar-refractivity contribution in [2.45, 2.75) is 9.79 Å². The monoisotopic (exact) mass is 319 g/mol. The van der Waals surface area contributed by atoms with E-state index in [9.17, 15) is 9.59 Å². The number of nitrogens with zero attached hydrogens (tertiary/aromatic N) is 1. The first-order chi connectivity index (χ1) is 10.0. The third kappa shape index (κ3) is 3.46. The molecule has 0 bridgehead atoms. The highest BCUT2D eigenvalue weighted by molar-refractivity contribution is 7.99. The van der Waals surface area contributed by atoms with Gasteiger partial charge in [-0.15, -0.1) is 0 Å². The molecule has 0 spiro atoms. The quantitative estimate of drug-likeness (QED) is 0.799. The summed E-state index contributed by atoms with van der Waals surface area (Å²) in [5.74, 6) is -0.0761. The Bertz CT molecular complexity index is 686. The Morgan fingerprint density at radius 3 is 2.43 bits per heavy atom. The van der Waals surface area contributed by atoms with Crippen molar-refractivity contribution >= 4 is 35.6 Å². The van der Waals surface area contributed by atoms with Gasteiger partial charge in [0, 0.05) is 29.4 Å². The Morgan fingerprint density at radius 2 is 1.76 bits per heavy atom. The molecule has 0 aliphatic carbocycles. The minimum atomic E-state index is -0.0761. The third-order valence-electron chi connectivity index (χ3n) is 2.87. The van der Waals surface area contributed by atoms with Crippen LogP contribution < -0.4 is 0 Å². The molecule has 0 N–H and O–H groups in total. The van der Waals surface area contributed by atoms with Gasteiger partial charge < -0.3 is 4.90 Å². The maximum absolute atomic E-state index is 12.2. The fraction of sp³-hybridized carbons (Fsp3) is 0.125. The smallest absolute Gasteiger partial charge is 0.254 e. The molecule has 2 rings (SSSR count). The lowest BCUT2D eigenvalue weighted by Gasteiger charge is -2.14. The number of aldehydes is 1. The first-order valence-electron chi connectivity index (χ1n) is 6.27. The number of hydrogen-bond donors (Lipinski definition) is 0. The molecule has 0 aliphatic rings. The Balaban J connectivity index is 2.44. The molecule has 0 saturated heterocycles. The van der Waals surface area contributed by atoms with E-state index in [1.54, 1.807) is 32.3 Å². The number of amides is 1. The molecule has 0 saturated carbocycles. The average molecular weight is 320 g/mol. The van der Waals surface area contributed by atoms with E-state index in [1.165, 1.54) is 16.7 Å². The molecule has 0 radical (unpaired) electrons. The zero-order valence-corrected chi connectivity index (χ0v) is 13.2. The summed E-state index contributed by atoms with van der Waals surface area (Å²) < 4.78 is 0. The maximum atomic E-state index is 12.2. The van der Waals surface area contributed by atoms with E-state index in [-0.39, 0.29) is 5.91 Å². The molecule has 0 aromatic heterocycles. The van der Waals surface area contributed by atoms with Crippen LogP contribution >= 0.6 is 23.4 Å². The van der Waals surface area contributed by atoms with Crippen LogP contribution in [0.1, 0.15) is 20.7 Å². The number of carbonyl (C=O) groups is 2. The van der Waals surface area contributed by atoms with Crippen LogP contribution in [-0.2, 0) is 0 Å². The van der Waals surface area contributed by atoms with Gasteiger partial charge in [-0.1, -0.05) is 41.6 Å². The van der Waals surface area contributed by atoms with Crippen LogP contribution in [0.2, 0.25) is 5.02 Å². The van der Waals surface area contributed by atoms with Crippen LogP contribution in [0.3, 0.4) is 0 Å². The summed E-state index contributed by atoms with van der Waals surface area (Å²) in [5.41, 5.74) is 1.04. The summed E-state index contributed by atoms with van der Waals surface area (Å²) in [6.45, 7) is 0. The van der Waals surface area contributed by atoms with E-state index >= 15 is 0 Å². The third-order valence-corrected chi connectivity index (χ3v) is 4.36. The van der Waals surface area contributed by atoms with Crippen molar-refractivity contribution < 1.29 is 9.59 Å². The first-order valence-corrected chi connectivity index (χ1v) is 7.46. The summed E-state index contributed by atoms with van der Waals surface area (Å²) in [6.07, 6.45) is 0.737. The van der Waals surface area contributed by atoms with Crippen LogP contribution in [0.25, 0.3) is 0 Å². The Hall–Kier alpha value is -1.78. The van der Waals surface area contributed by atoms with Crippen molar-refractivity contribution in [2.24, 2.45) is 0 Å². The van der Waals surface area contributed by atoms with Crippen LogP contribution in [-0.4, -0.2) is 31.2 Å². The summed E-state index contributed by atoms with van der Waals surface area (Å²) >= 11 is 7.39. The normalized spacial score (nSPS) is 10.2. The second-order valence-corrected chi connectivity index (χ2v) is 6.06. The molecule has 0 heterocycles. The molecule has 2 aromatic carbocycles. The van der Waals surface area contributed by atoms with Gasteiger partial charge in [-0.2, -0.15) is 0 Å². The van der Waals surface area contributed by atoms with Crippen molar-refractivity contribution in [3.8, 4) is 0 Å². The van der Waals surface area contributed by atoms with Gasteiger partial charge in [-0.05, 0) is 24.3 Å².